The predicted octanol–water partition coefficient (Wildman–Crippen LogP) is -0.713. The smallest absolute Gasteiger partial charge is 0.184 e. The number of nitrogens with zero attached hydrogens (tertiary/aromatic N) is 2. The average Bonchev–Trinajstić information content (AvgIpc) is 2.17. The lowest BCUT2D eigenvalue weighted by Crippen LogP contribution is -2.47. The molecule has 0 fully saturated rings. The molecule has 1 aromatic heterocycles. The fraction of sp³-hybridized carbons (Fsp3) is 0.500. The third kappa shape index (κ3) is 1.54. The van der Waals surface area contributed by atoms with E-state index in [9.17, 15) is 5.11 Å². The van der Waals surface area contributed by atoms with Gasteiger partial charge in [0.25, 0.3) is 0 Å². The van der Waals surface area contributed by atoms with Crippen molar-refractivity contribution < 1.29 is 5.11 Å². The first-order valence-corrected chi connectivity index (χ1v) is 4.52. The molecule has 6 nitrogen and oxygen atoms in total. The maximum atomic E-state index is 9.28. The van der Waals surface area contributed by atoms with Crippen molar-refractivity contribution >= 4 is 5.82 Å². The number of nitrogens with two attached hydrogens (primary N) is 1. The molecule has 1 aromatic rings. The molecule has 5 N–H and O–H groups in total. The van der Waals surface area contributed by atoms with Crippen LogP contribution in [0.15, 0.2) is 6.20 Å². The summed E-state index contributed by atoms with van der Waals surface area (Å²) in [5.41, 5.74) is 7.28. The van der Waals surface area contributed by atoms with Gasteiger partial charge in [0, 0.05) is 0 Å². The Morgan fingerprint density at radius 2 is 2.43 bits per heavy atom. The molecular formula is C8H13N5O. The summed E-state index contributed by atoms with van der Waals surface area (Å²) in [7, 11) is 0. The van der Waals surface area contributed by atoms with Crippen molar-refractivity contribution in [3.05, 3.63) is 17.6 Å². The highest BCUT2D eigenvalue weighted by Gasteiger charge is 2.23. The monoisotopic (exact) mass is 195 g/mol. The topological polar surface area (TPSA) is 96.1 Å². The van der Waals surface area contributed by atoms with Gasteiger partial charge in [-0.3, -0.25) is 5.32 Å². The molecule has 0 aromatic carbocycles. The Kier molecular flexibility index (Phi) is 2.32. The van der Waals surface area contributed by atoms with Gasteiger partial charge in [0.05, 0.1) is 11.9 Å². The van der Waals surface area contributed by atoms with Crippen molar-refractivity contribution in [2.24, 2.45) is 5.73 Å². The van der Waals surface area contributed by atoms with Gasteiger partial charge in [0.2, 0.25) is 0 Å². The third-order valence-corrected chi connectivity index (χ3v) is 2.12. The van der Waals surface area contributed by atoms with Gasteiger partial charge in [-0.15, -0.1) is 0 Å². The van der Waals surface area contributed by atoms with Crippen LogP contribution in [0.2, 0.25) is 0 Å². The number of aliphatic hydroxyl groups is 1. The van der Waals surface area contributed by atoms with Crippen molar-refractivity contribution in [3.63, 3.8) is 0 Å². The van der Waals surface area contributed by atoms with Crippen molar-refractivity contribution in [2.75, 3.05) is 5.32 Å². The van der Waals surface area contributed by atoms with Crippen LogP contribution in [0.3, 0.4) is 0 Å². The zero-order valence-corrected chi connectivity index (χ0v) is 7.86. The number of hydrogen-bond acceptors (Lipinski definition) is 6. The molecule has 0 aliphatic carbocycles. The van der Waals surface area contributed by atoms with Crippen molar-refractivity contribution in [2.45, 2.75) is 25.9 Å². The zero-order valence-electron chi connectivity index (χ0n) is 7.86. The Labute approximate surface area is 81.6 Å². The molecule has 0 saturated carbocycles. The van der Waals surface area contributed by atoms with Gasteiger partial charge in [0.1, 0.15) is 11.9 Å². The average molecular weight is 195 g/mol. The van der Waals surface area contributed by atoms with Gasteiger partial charge in [0.15, 0.2) is 12.2 Å². The molecule has 14 heavy (non-hydrogen) atoms. The van der Waals surface area contributed by atoms with Gasteiger partial charge in [-0.1, -0.05) is 6.92 Å². The number of hydrogen-bond donors (Lipinski definition) is 4. The molecule has 1 aliphatic rings. The molecule has 76 valence electrons. The normalized spacial score (nSPS) is 25.4. The van der Waals surface area contributed by atoms with E-state index in [0.717, 1.165) is 12.1 Å². The van der Waals surface area contributed by atoms with Gasteiger partial charge in [-0.2, -0.15) is 0 Å². The van der Waals surface area contributed by atoms with E-state index in [2.05, 4.69) is 20.6 Å². The highest BCUT2D eigenvalue weighted by atomic mass is 16.3. The Bertz CT molecular complexity index is 343. The summed E-state index contributed by atoms with van der Waals surface area (Å²) in [5.74, 6) is 0.543. The highest BCUT2D eigenvalue weighted by molar-refractivity contribution is 5.44. The molecule has 2 atom stereocenters. The first-order valence-electron chi connectivity index (χ1n) is 4.52. The first-order chi connectivity index (χ1) is 6.70. The minimum atomic E-state index is -0.862. The number of fused-ring (bicyclic) bond motifs is 1. The van der Waals surface area contributed by atoms with Crippen LogP contribution in [0.4, 0.5) is 5.82 Å². The van der Waals surface area contributed by atoms with Crippen LogP contribution in [-0.2, 0) is 6.42 Å². The Morgan fingerprint density at radius 3 is 3.14 bits per heavy atom. The summed E-state index contributed by atoms with van der Waals surface area (Å²) in [6, 6.07) is 0. The molecular weight excluding hydrogens is 182 g/mol. The van der Waals surface area contributed by atoms with Crippen molar-refractivity contribution in [1.82, 2.24) is 15.3 Å². The van der Waals surface area contributed by atoms with Gasteiger partial charge in [-0.25, -0.2) is 9.97 Å². The van der Waals surface area contributed by atoms with Gasteiger partial charge in [-0.05, 0) is 6.42 Å². The second-order valence-corrected chi connectivity index (χ2v) is 3.14. The molecule has 0 spiro atoms. The van der Waals surface area contributed by atoms with E-state index in [0.29, 0.717) is 11.5 Å². The quantitative estimate of drug-likeness (QED) is 0.472. The molecule has 0 saturated heterocycles. The lowest BCUT2D eigenvalue weighted by atomic mass is 10.2. The summed E-state index contributed by atoms with van der Waals surface area (Å²) in [6.45, 7) is 2.00. The van der Waals surface area contributed by atoms with Gasteiger partial charge < -0.3 is 16.2 Å². The van der Waals surface area contributed by atoms with E-state index >= 15 is 0 Å². The van der Waals surface area contributed by atoms with Crippen LogP contribution in [0, 0.1) is 0 Å². The van der Waals surface area contributed by atoms with Crippen molar-refractivity contribution in [3.8, 4) is 0 Å². The molecule has 0 radical (unpaired) electrons. The second kappa shape index (κ2) is 3.49. The SMILES string of the molecule is CCc1cnc2c(n1)C(N)NC(O)N2. The van der Waals surface area contributed by atoms with Crippen LogP contribution in [0.1, 0.15) is 24.5 Å². The van der Waals surface area contributed by atoms with E-state index in [-0.39, 0.29) is 0 Å². The Hall–Kier alpha value is -1.24. The first kappa shape index (κ1) is 9.32. The van der Waals surface area contributed by atoms with Crippen molar-refractivity contribution in [1.29, 1.82) is 0 Å². The number of aryl methyl sites for hydroxylation is 1. The number of aliphatic hydroxyl groups excluding tert-OH is 1. The highest BCUT2D eigenvalue weighted by Crippen LogP contribution is 2.20. The summed E-state index contributed by atoms with van der Waals surface area (Å²) in [6.07, 6.45) is 1.16. The van der Waals surface area contributed by atoms with E-state index < -0.39 is 12.5 Å². The predicted molar refractivity (Wildman–Crippen MR) is 51.1 cm³/mol. The lowest BCUT2D eigenvalue weighted by molar-refractivity contribution is 0.141. The fourth-order valence-corrected chi connectivity index (χ4v) is 1.36. The zero-order chi connectivity index (χ0) is 10.1. The maximum Gasteiger partial charge on any atom is 0.184 e. The molecule has 2 rings (SSSR count). The van der Waals surface area contributed by atoms with Crippen LogP contribution >= 0.6 is 0 Å². The summed E-state index contributed by atoms with van der Waals surface area (Å²) >= 11 is 0. The van der Waals surface area contributed by atoms with E-state index in [1.807, 2.05) is 6.92 Å². The summed E-state index contributed by atoms with van der Waals surface area (Å²) < 4.78 is 0. The minimum Gasteiger partial charge on any atom is -0.361 e. The molecule has 1 aliphatic heterocycles. The second-order valence-electron chi connectivity index (χ2n) is 3.14. The largest absolute Gasteiger partial charge is 0.361 e. The van der Waals surface area contributed by atoms with E-state index in [1.165, 1.54) is 0 Å². The van der Waals surface area contributed by atoms with Gasteiger partial charge >= 0.3 is 0 Å². The number of rotatable bonds is 1. The summed E-state index contributed by atoms with van der Waals surface area (Å²) in [5, 5.41) is 14.7. The van der Waals surface area contributed by atoms with E-state index in [1.54, 1.807) is 6.20 Å². The summed E-state index contributed by atoms with van der Waals surface area (Å²) in [4.78, 5) is 8.46. The van der Waals surface area contributed by atoms with Crippen LogP contribution in [0.5, 0.6) is 0 Å². The number of nitrogens with one attached hydrogen (secondary N) is 2. The van der Waals surface area contributed by atoms with E-state index in [4.69, 9.17) is 5.73 Å². The maximum absolute atomic E-state index is 9.28. The lowest BCUT2D eigenvalue weighted by Gasteiger charge is -2.27. The molecule has 2 heterocycles. The van der Waals surface area contributed by atoms with Crippen LogP contribution in [0.25, 0.3) is 0 Å². The molecule has 2 unspecified atom stereocenters. The molecule has 0 bridgehead atoms. The molecule has 6 heteroatoms. The minimum absolute atomic E-state index is 0.472. The third-order valence-electron chi connectivity index (χ3n) is 2.12. The van der Waals surface area contributed by atoms with Crippen LogP contribution in [-0.4, -0.2) is 21.4 Å². The fourth-order valence-electron chi connectivity index (χ4n) is 1.36. The Balaban J connectivity index is 2.39. The molecule has 0 amide bonds. The number of anilines is 1. The standard InChI is InChI=1S/C8H13N5O/c1-2-4-3-10-7-5(11-4)6(9)12-8(14)13-7/h3,6,8,12,14H,2,9H2,1H3,(H,10,13). The Morgan fingerprint density at radius 1 is 1.64 bits per heavy atom. The number of aromatic nitrogens is 2. The van der Waals surface area contributed by atoms with Crippen LogP contribution < -0.4 is 16.4 Å².